The van der Waals surface area contributed by atoms with Crippen LogP contribution in [0.5, 0.6) is 6.01 Å². The molecule has 0 bridgehead atoms. The monoisotopic (exact) mass is 281 g/mol. The number of anilines is 2. The summed E-state index contributed by atoms with van der Waals surface area (Å²) in [5, 5.41) is 6.33. The molecular formula is C13H23N5O2. The van der Waals surface area contributed by atoms with E-state index in [9.17, 15) is 0 Å². The molecule has 2 N–H and O–H groups in total. The summed E-state index contributed by atoms with van der Waals surface area (Å²) in [6, 6.07) is 0.364. The van der Waals surface area contributed by atoms with Crippen molar-refractivity contribution in [2.75, 3.05) is 43.5 Å². The normalized spacial score (nSPS) is 18.0. The van der Waals surface area contributed by atoms with Crippen molar-refractivity contribution in [3.8, 4) is 6.01 Å². The van der Waals surface area contributed by atoms with E-state index in [1.54, 1.807) is 0 Å². The highest BCUT2D eigenvalue weighted by atomic mass is 16.5. The average Bonchev–Trinajstić information content (AvgIpc) is 2.96. The highest BCUT2D eigenvalue weighted by Crippen LogP contribution is 2.15. The largest absolute Gasteiger partial charge is 0.463 e. The van der Waals surface area contributed by atoms with Gasteiger partial charge in [-0.1, -0.05) is 6.92 Å². The second-order valence-corrected chi connectivity index (χ2v) is 4.75. The van der Waals surface area contributed by atoms with Crippen LogP contribution in [-0.4, -0.2) is 47.9 Å². The first kappa shape index (κ1) is 14.8. The van der Waals surface area contributed by atoms with Crippen LogP contribution < -0.4 is 15.4 Å². The molecule has 0 spiro atoms. The van der Waals surface area contributed by atoms with Crippen molar-refractivity contribution in [2.45, 2.75) is 26.7 Å². The third kappa shape index (κ3) is 4.48. The fraction of sp³-hybridized carbons (Fsp3) is 0.769. The quantitative estimate of drug-likeness (QED) is 0.748. The van der Waals surface area contributed by atoms with Gasteiger partial charge in [0.2, 0.25) is 11.9 Å². The number of hydrogen-bond donors (Lipinski definition) is 2. The third-order valence-electron chi connectivity index (χ3n) is 2.96. The summed E-state index contributed by atoms with van der Waals surface area (Å²) in [7, 11) is 0. The average molecular weight is 281 g/mol. The van der Waals surface area contributed by atoms with E-state index >= 15 is 0 Å². The summed E-state index contributed by atoms with van der Waals surface area (Å²) >= 11 is 0. The molecule has 0 aliphatic carbocycles. The molecule has 2 rings (SSSR count). The van der Waals surface area contributed by atoms with E-state index in [1.807, 2.05) is 13.8 Å². The lowest BCUT2D eigenvalue weighted by atomic mass is 10.1. The molecule has 112 valence electrons. The molecule has 1 aliphatic rings. The molecule has 1 atom stereocenters. The Morgan fingerprint density at radius 2 is 2.00 bits per heavy atom. The number of aromatic nitrogens is 3. The van der Waals surface area contributed by atoms with Gasteiger partial charge in [0.25, 0.3) is 0 Å². The van der Waals surface area contributed by atoms with E-state index in [1.165, 1.54) is 0 Å². The molecule has 2 heterocycles. The lowest BCUT2D eigenvalue weighted by Gasteiger charge is -2.11. The Kier molecular flexibility index (Phi) is 5.79. The van der Waals surface area contributed by atoms with Crippen molar-refractivity contribution in [3.63, 3.8) is 0 Å². The van der Waals surface area contributed by atoms with Gasteiger partial charge in [-0.15, -0.1) is 0 Å². The summed E-state index contributed by atoms with van der Waals surface area (Å²) in [4.78, 5) is 12.8. The Morgan fingerprint density at radius 1 is 1.20 bits per heavy atom. The number of ether oxygens (including phenoxy) is 2. The molecule has 0 saturated carbocycles. The van der Waals surface area contributed by atoms with Crippen LogP contribution in [0.15, 0.2) is 0 Å². The second-order valence-electron chi connectivity index (χ2n) is 4.75. The molecule has 1 aliphatic heterocycles. The predicted molar refractivity (Wildman–Crippen MR) is 77.2 cm³/mol. The zero-order valence-corrected chi connectivity index (χ0v) is 12.2. The molecule has 7 nitrogen and oxygen atoms in total. The van der Waals surface area contributed by atoms with Crippen molar-refractivity contribution >= 4 is 11.9 Å². The highest BCUT2D eigenvalue weighted by molar-refractivity contribution is 5.35. The van der Waals surface area contributed by atoms with Gasteiger partial charge >= 0.3 is 6.01 Å². The van der Waals surface area contributed by atoms with Crippen LogP contribution in [0.25, 0.3) is 0 Å². The first-order valence-electron chi connectivity index (χ1n) is 7.26. The van der Waals surface area contributed by atoms with Crippen LogP contribution in [-0.2, 0) is 4.74 Å². The summed E-state index contributed by atoms with van der Waals surface area (Å²) < 4.78 is 10.8. The van der Waals surface area contributed by atoms with E-state index in [0.717, 1.165) is 39.1 Å². The molecule has 1 fully saturated rings. The summed E-state index contributed by atoms with van der Waals surface area (Å²) in [6.07, 6.45) is 2.00. The van der Waals surface area contributed by atoms with Crippen molar-refractivity contribution in [1.29, 1.82) is 0 Å². The van der Waals surface area contributed by atoms with Crippen molar-refractivity contribution in [3.05, 3.63) is 0 Å². The van der Waals surface area contributed by atoms with Gasteiger partial charge in [-0.05, 0) is 19.8 Å². The zero-order valence-electron chi connectivity index (χ0n) is 12.2. The van der Waals surface area contributed by atoms with E-state index < -0.39 is 0 Å². The number of hydrogen-bond acceptors (Lipinski definition) is 7. The molecule has 0 radical (unpaired) electrons. The van der Waals surface area contributed by atoms with Crippen molar-refractivity contribution < 1.29 is 9.47 Å². The summed E-state index contributed by atoms with van der Waals surface area (Å²) in [5.41, 5.74) is 0. The minimum absolute atomic E-state index is 0.364. The molecule has 0 aromatic carbocycles. The molecule has 1 unspecified atom stereocenters. The maximum atomic E-state index is 5.49. The maximum Gasteiger partial charge on any atom is 0.323 e. The number of rotatable bonds is 8. The Labute approximate surface area is 119 Å². The van der Waals surface area contributed by atoms with Gasteiger partial charge in [0.15, 0.2) is 0 Å². The topological polar surface area (TPSA) is 81.2 Å². The summed E-state index contributed by atoms with van der Waals surface area (Å²) in [6.45, 7) is 7.86. The lowest BCUT2D eigenvalue weighted by Crippen LogP contribution is -2.17. The Bertz CT molecular complexity index is 410. The van der Waals surface area contributed by atoms with Crippen molar-refractivity contribution in [1.82, 2.24) is 15.0 Å². The molecule has 1 aromatic heterocycles. The van der Waals surface area contributed by atoms with Crippen LogP contribution in [0.2, 0.25) is 0 Å². The second kappa shape index (κ2) is 7.84. The van der Waals surface area contributed by atoms with Crippen LogP contribution in [0.1, 0.15) is 26.7 Å². The van der Waals surface area contributed by atoms with Crippen molar-refractivity contribution in [2.24, 2.45) is 5.92 Å². The minimum atomic E-state index is 0.364. The van der Waals surface area contributed by atoms with E-state index in [2.05, 4.69) is 25.6 Å². The van der Waals surface area contributed by atoms with Gasteiger partial charge in [-0.2, -0.15) is 15.0 Å². The van der Waals surface area contributed by atoms with Gasteiger partial charge in [0.05, 0.1) is 13.2 Å². The van der Waals surface area contributed by atoms with Gasteiger partial charge in [-0.25, -0.2) is 0 Å². The van der Waals surface area contributed by atoms with Gasteiger partial charge in [-0.3, -0.25) is 0 Å². The van der Waals surface area contributed by atoms with Gasteiger partial charge < -0.3 is 20.1 Å². The SMILES string of the molecule is CCCOc1nc(NCC)nc(NCC2CCOC2)n1. The Hall–Kier alpha value is -1.63. The molecular weight excluding hydrogens is 258 g/mol. The standard InChI is InChI=1S/C13H23N5O2/c1-3-6-20-13-17-11(14-4-2)16-12(18-13)15-8-10-5-7-19-9-10/h10H,3-9H2,1-2H3,(H2,14,15,16,17,18). The first-order valence-corrected chi connectivity index (χ1v) is 7.26. The lowest BCUT2D eigenvalue weighted by molar-refractivity contribution is 0.187. The van der Waals surface area contributed by atoms with Crippen LogP contribution in [0, 0.1) is 5.92 Å². The maximum absolute atomic E-state index is 5.49. The fourth-order valence-electron chi connectivity index (χ4n) is 1.91. The van der Waals surface area contributed by atoms with Crippen LogP contribution in [0.4, 0.5) is 11.9 Å². The van der Waals surface area contributed by atoms with Gasteiger partial charge in [0, 0.05) is 25.6 Å². The van der Waals surface area contributed by atoms with E-state index in [-0.39, 0.29) is 0 Å². The molecule has 7 heteroatoms. The smallest absolute Gasteiger partial charge is 0.323 e. The van der Waals surface area contributed by atoms with Crippen LogP contribution in [0.3, 0.4) is 0 Å². The molecule has 1 saturated heterocycles. The zero-order chi connectivity index (χ0) is 14.2. The Morgan fingerprint density at radius 3 is 2.65 bits per heavy atom. The highest BCUT2D eigenvalue weighted by Gasteiger charge is 2.16. The van der Waals surface area contributed by atoms with Gasteiger partial charge in [0.1, 0.15) is 0 Å². The van der Waals surface area contributed by atoms with Crippen LogP contribution >= 0.6 is 0 Å². The Balaban J connectivity index is 1.98. The first-order chi connectivity index (χ1) is 9.81. The van der Waals surface area contributed by atoms with E-state index in [0.29, 0.717) is 30.4 Å². The number of nitrogens with one attached hydrogen (secondary N) is 2. The summed E-state index contributed by atoms with van der Waals surface area (Å²) in [5.74, 6) is 1.61. The predicted octanol–water partition coefficient (Wildman–Crippen LogP) is 1.54. The molecule has 1 aromatic rings. The van der Waals surface area contributed by atoms with E-state index in [4.69, 9.17) is 9.47 Å². The molecule has 20 heavy (non-hydrogen) atoms. The third-order valence-corrected chi connectivity index (χ3v) is 2.96. The minimum Gasteiger partial charge on any atom is -0.463 e. The fourth-order valence-corrected chi connectivity index (χ4v) is 1.91. The number of nitrogens with zero attached hydrogens (tertiary/aromatic N) is 3. The molecule has 0 amide bonds.